The number of piperidine rings is 1. The Hall–Kier alpha value is -1.37. The van der Waals surface area contributed by atoms with Crippen molar-refractivity contribution in [3.8, 4) is 0 Å². The van der Waals surface area contributed by atoms with Crippen LogP contribution in [0.1, 0.15) is 38.3 Å². The second-order valence-electron chi connectivity index (χ2n) is 6.21. The summed E-state index contributed by atoms with van der Waals surface area (Å²) in [6, 6.07) is 1.96. The molecule has 1 aliphatic rings. The minimum Gasteiger partial charge on any atom is -0.368 e. The molecule has 1 saturated heterocycles. The fraction of sp³-hybridized carbons (Fsp3) is 0.714. The van der Waals surface area contributed by atoms with Gasteiger partial charge in [0.1, 0.15) is 15.7 Å². The van der Waals surface area contributed by atoms with Gasteiger partial charge in [-0.05, 0) is 24.7 Å². The van der Waals surface area contributed by atoms with E-state index in [0.717, 1.165) is 30.9 Å². The summed E-state index contributed by atoms with van der Waals surface area (Å²) in [6.07, 6.45) is 3.22. The summed E-state index contributed by atoms with van der Waals surface area (Å²) in [5.41, 5.74) is 6.71. The van der Waals surface area contributed by atoms with Crippen molar-refractivity contribution in [1.29, 1.82) is 0 Å². The van der Waals surface area contributed by atoms with E-state index >= 15 is 0 Å². The van der Waals surface area contributed by atoms with Crippen LogP contribution in [0.3, 0.4) is 0 Å². The highest BCUT2D eigenvalue weighted by Gasteiger charge is 2.24. The first-order chi connectivity index (χ1) is 9.74. The predicted molar refractivity (Wildman–Crippen MR) is 85.2 cm³/mol. The lowest BCUT2D eigenvalue weighted by molar-refractivity contribution is 0.442. The maximum atomic E-state index is 11.5. The largest absolute Gasteiger partial charge is 0.368 e. The molecule has 0 bridgehead atoms. The third-order valence-electron chi connectivity index (χ3n) is 3.72. The Bertz CT molecular complexity index is 601. The van der Waals surface area contributed by atoms with Crippen molar-refractivity contribution in [3.05, 3.63) is 11.8 Å². The maximum Gasteiger partial charge on any atom is 0.222 e. The van der Waals surface area contributed by atoms with Crippen molar-refractivity contribution >= 4 is 21.6 Å². The average Bonchev–Trinajstić information content (AvgIpc) is 2.36. The van der Waals surface area contributed by atoms with E-state index in [1.165, 1.54) is 6.26 Å². The second kappa shape index (κ2) is 6.17. The van der Waals surface area contributed by atoms with Crippen molar-refractivity contribution in [2.24, 2.45) is 5.92 Å². The molecule has 2 heterocycles. The number of nitrogen functional groups attached to an aromatic ring is 1. The molecule has 0 radical (unpaired) electrons. The topological polar surface area (TPSA) is 89.2 Å². The van der Waals surface area contributed by atoms with Crippen molar-refractivity contribution in [2.45, 2.75) is 32.6 Å². The second-order valence-corrected chi connectivity index (χ2v) is 8.40. The predicted octanol–water partition coefficient (Wildman–Crippen LogP) is 1.44. The number of nitrogens with two attached hydrogens (primary N) is 1. The molecule has 1 aliphatic heterocycles. The molecule has 2 rings (SSSR count). The summed E-state index contributed by atoms with van der Waals surface area (Å²) < 4.78 is 23.0. The van der Waals surface area contributed by atoms with E-state index in [4.69, 9.17) is 5.73 Å². The summed E-state index contributed by atoms with van der Waals surface area (Å²) in [5.74, 6) is 1.77. The first-order valence-electron chi connectivity index (χ1n) is 7.31. The normalized spacial score (nSPS) is 20.0. The van der Waals surface area contributed by atoms with E-state index in [0.29, 0.717) is 6.54 Å². The van der Waals surface area contributed by atoms with Gasteiger partial charge < -0.3 is 10.6 Å². The van der Waals surface area contributed by atoms with Crippen LogP contribution in [0.5, 0.6) is 0 Å². The van der Waals surface area contributed by atoms with Gasteiger partial charge >= 0.3 is 0 Å². The molecule has 1 aromatic heterocycles. The minimum absolute atomic E-state index is 0.160. The first kappa shape index (κ1) is 16.0. The molecule has 1 aromatic rings. The van der Waals surface area contributed by atoms with Crippen LogP contribution >= 0.6 is 0 Å². The van der Waals surface area contributed by atoms with Gasteiger partial charge in [0.05, 0.1) is 11.4 Å². The number of aromatic nitrogens is 2. The zero-order chi connectivity index (χ0) is 15.6. The summed E-state index contributed by atoms with van der Waals surface area (Å²) in [7, 11) is -2.94. The molecule has 0 aliphatic carbocycles. The quantitative estimate of drug-likeness (QED) is 0.905. The Labute approximate surface area is 126 Å². The minimum atomic E-state index is -2.94. The monoisotopic (exact) mass is 312 g/mol. The summed E-state index contributed by atoms with van der Waals surface area (Å²) in [4.78, 5) is 10.7. The number of sulfone groups is 1. The smallest absolute Gasteiger partial charge is 0.222 e. The first-order valence-corrected chi connectivity index (χ1v) is 9.38. The van der Waals surface area contributed by atoms with E-state index in [1.807, 2.05) is 6.07 Å². The van der Waals surface area contributed by atoms with Gasteiger partial charge in [-0.2, -0.15) is 4.98 Å². The molecule has 1 atom stereocenters. The van der Waals surface area contributed by atoms with Gasteiger partial charge in [0.15, 0.2) is 0 Å². The molecule has 21 heavy (non-hydrogen) atoms. The molecule has 0 saturated carbocycles. The fourth-order valence-electron chi connectivity index (χ4n) is 2.77. The van der Waals surface area contributed by atoms with Gasteiger partial charge in [-0.3, -0.25) is 0 Å². The highest BCUT2D eigenvalue weighted by molar-refractivity contribution is 7.90. The Morgan fingerprint density at radius 1 is 1.43 bits per heavy atom. The van der Waals surface area contributed by atoms with E-state index in [-0.39, 0.29) is 23.5 Å². The number of hydrogen-bond donors (Lipinski definition) is 1. The Kier molecular flexibility index (Phi) is 4.70. The number of nitrogens with zero attached hydrogens (tertiary/aromatic N) is 3. The molecule has 0 spiro atoms. The molecule has 0 aromatic carbocycles. The van der Waals surface area contributed by atoms with Crippen LogP contribution in [0.2, 0.25) is 0 Å². The summed E-state index contributed by atoms with van der Waals surface area (Å²) in [5, 5.41) is 0. The van der Waals surface area contributed by atoms with E-state index < -0.39 is 9.84 Å². The Morgan fingerprint density at radius 3 is 2.76 bits per heavy atom. The lowest BCUT2D eigenvalue weighted by atomic mass is 10.00. The summed E-state index contributed by atoms with van der Waals surface area (Å²) in [6.45, 7) is 5.72. The van der Waals surface area contributed by atoms with Crippen LogP contribution in [0.25, 0.3) is 0 Å². The van der Waals surface area contributed by atoms with Gasteiger partial charge in [-0.15, -0.1) is 0 Å². The standard InChI is InChI=1S/C14H24N4O2S/c1-10(2)12-7-13(17-14(15)16-12)18-6-4-5-11(8-18)9-21(3,19)20/h7,10-11H,4-6,8-9H2,1-3H3,(H2,15,16,17)/t11-/m1/s1. The van der Waals surface area contributed by atoms with E-state index in [9.17, 15) is 8.42 Å². The van der Waals surface area contributed by atoms with Crippen molar-refractivity contribution in [3.63, 3.8) is 0 Å². The Morgan fingerprint density at radius 2 is 2.14 bits per heavy atom. The van der Waals surface area contributed by atoms with Crippen molar-refractivity contribution < 1.29 is 8.42 Å². The molecular formula is C14H24N4O2S. The van der Waals surface area contributed by atoms with Crippen LogP contribution in [-0.4, -0.2) is 43.5 Å². The van der Waals surface area contributed by atoms with Gasteiger partial charge in [0.2, 0.25) is 5.95 Å². The summed E-state index contributed by atoms with van der Waals surface area (Å²) >= 11 is 0. The van der Waals surface area contributed by atoms with Gasteiger partial charge in [0, 0.05) is 25.4 Å². The zero-order valence-electron chi connectivity index (χ0n) is 12.9. The molecule has 118 valence electrons. The molecule has 2 N–H and O–H groups in total. The SMILES string of the molecule is CC(C)c1cc(N2CCC[C@@H](CS(C)(=O)=O)C2)nc(N)n1. The molecule has 6 nitrogen and oxygen atoms in total. The highest BCUT2D eigenvalue weighted by Crippen LogP contribution is 2.25. The third-order valence-corrected chi connectivity index (χ3v) is 4.80. The zero-order valence-corrected chi connectivity index (χ0v) is 13.7. The number of rotatable bonds is 4. The molecule has 0 unspecified atom stereocenters. The van der Waals surface area contributed by atoms with E-state index in [1.54, 1.807) is 0 Å². The molecular weight excluding hydrogens is 288 g/mol. The number of hydrogen-bond acceptors (Lipinski definition) is 6. The molecule has 0 amide bonds. The molecule has 7 heteroatoms. The van der Waals surface area contributed by atoms with Crippen LogP contribution in [0.4, 0.5) is 11.8 Å². The Balaban J connectivity index is 2.17. The van der Waals surface area contributed by atoms with Gasteiger partial charge in [0.25, 0.3) is 0 Å². The van der Waals surface area contributed by atoms with Gasteiger partial charge in [-0.1, -0.05) is 13.8 Å². The maximum absolute atomic E-state index is 11.5. The van der Waals surface area contributed by atoms with Crippen molar-refractivity contribution in [1.82, 2.24) is 9.97 Å². The highest BCUT2D eigenvalue weighted by atomic mass is 32.2. The lowest BCUT2D eigenvalue weighted by Gasteiger charge is -2.33. The number of anilines is 2. The lowest BCUT2D eigenvalue weighted by Crippen LogP contribution is -2.38. The fourth-order valence-corrected chi connectivity index (χ4v) is 3.89. The average molecular weight is 312 g/mol. The van der Waals surface area contributed by atoms with Crippen LogP contribution in [0.15, 0.2) is 6.07 Å². The third kappa shape index (κ3) is 4.56. The van der Waals surface area contributed by atoms with Crippen LogP contribution in [-0.2, 0) is 9.84 Å². The van der Waals surface area contributed by atoms with Crippen molar-refractivity contribution in [2.75, 3.05) is 35.7 Å². The van der Waals surface area contributed by atoms with Gasteiger partial charge in [-0.25, -0.2) is 13.4 Å². The molecule has 1 fully saturated rings. The van der Waals surface area contributed by atoms with Crippen LogP contribution in [0, 0.1) is 5.92 Å². The van der Waals surface area contributed by atoms with E-state index in [2.05, 4.69) is 28.7 Å². The van der Waals surface area contributed by atoms with Crippen LogP contribution < -0.4 is 10.6 Å².